The Morgan fingerprint density at radius 1 is 1.42 bits per heavy atom. The molecule has 5 heteroatoms. The maximum absolute atomic E-state index is 13.1. The number of carbonyl (C=O) groups is 1. The number of halogens is 1. The molecule has 2 rings (SSSR count). The van der Waals surface area contributed by atoms with Crippen LogP contribution < -0.4 is 5.32 Å². The van der Waals surface area contributed by atoms with Crippen LogP contribution in [0.2, 0.25) is 0 Å². The first-order chi connectivity index (χ1) is 11.6. The lowest BCUT2D eigenvalue weighted by Crippen LogP contribution is -2.39. The summed E-state index contributed by atoms with van der Waals surface area (Å²) in [5.74, 6) is -0.493. The van der Waals surface area contributed by atoms with Crippen LogP contribution in [0.5, 0.6) is 0 Å². The molecule has 0 radical (unpaired) electrons. The van der Waals surface area contributed by atoms with Gasteiger partial charge in [-0.15, -0.1) is 0 Å². The Hall–Kier alpha value is -2.35. The average Bonchev–Trinajstić information content (AvgIpc) is 2.61. The minimum Gasteiger partial charge on any atom is -0.389 e. The molecule has 1 saturated carbocycles. The lowest BCUT2D eigenvalue weighted by atomic mass is 9.94. The Balaban J connectivity index is 1.86. The van der Waals surface area contributed by atoms with Crippen LogP contribution in [0.1, 0.15) is 37.7 Å². The molecule has 0 saturated heterocycles. The number of rotatable bonds is 6. The summed E-state index contributed by atoms with van der Waals surface area (Å²) in [4.78, 5) is 14.1. The molecular weight excluding hydrogens is 305 g/mol. The van der Waals surface area contributed by atoms with Gasteiger partial charge in [-0.3, -0.25) is 4.79 Å². The Bertz CT molecular complexity index is 630. The van der Waals surface area contributed by atoms with Gasteiger partial charge in [-0.2, -0.15) is 5.26 Å². The van der Waals surface area contributed by atoms with Crippen molar-refractivity contribution in [3.63, 3.8) is 0 Å². The lowest BCUT2D eigenvalue weighted by molar-refractivity contribution is -0.128. The van der Waals surface area contributed by atoms with Gasteiger partial charge in [-0.1, -0.05) is 31.4 Å². The fourth-order valence-electron chi connectivity index (χ4n) is 3.05. The first-order valence-corrected chi connectivity index (χ1v) is 8.47. The highest BCUT2D eigenvalue weighted by molar-refractivity contribution is 5.97. The van der Waals surface area contributed by atoms with Gasteiger partial charge in [0.05, 0.1) is 0 Å². The van der Waals surface area contributed by atoms with Crippen LogP contribution in [0.25, 0.3) is 0 Å². The molecule has 24 heavy (non-hydrogen) atoms. The molecule has 1 fully saturated rings. The van der Waals surface area contributed by atoms with E-state index >= 15 is 0 Å². The molecular formula is C19H24FN3O. The quantitative estimate of drug-likeness (QED) is 0.495. The van der Waals surface area contributed by atoms with E-state index in [0.29, 0.717) is 13.0 Å². The average molecular weight is 329 g/mol. The zero-order valence-corrected chi connectivity index (χ0v) is 14.1. The van der Waals surface area contributed by atoms with Gasteiger partial charge in [-0.05, 0) is 37.0 Å². The third-order valence-electron chi connectivity index (χ3n) is 4.49. The van der Waals surface area contributed by atoms with E-state index in [-0.39, 0.29) is 23.3 Å². The standard InChI is InChI=1S/C19H24FN3O/c1-23(18-8-3-2-4-9-18)19(24)16(13-21)14-22-11-10-15-6-5-7-17(20)12-15/h5-7,12,14,18,22H,2-4,8-11H2,1H3/b16-14-. The topological polar surface area (TPSA) is 56.1 Å². The third kappa shape index (κ3) is 5.09. The lowest BCUT2D eigenvalue weighted by Gasteiger charge is -2.31. The number of nitrogens with one attached hydrogen (secondary N) is 1. The minimum atomic E-state index is -0.259. The monoisotopic (exact) mass is 329 g/mol. The molecule has 0 aromatic heterocycles. The number of nitriles is 1. The molecule has 4 nitrogen and oxygen atoms in total. The molecule has 128 valence electrons. The SMILES string of the molecule is CN(C(=O)/C(C#N)=C\NCCc1cccc(F)c1)C1CCCCC1. The number of benzene rings is 1. The maximum Gasteiger partial charge on any atom is 0.265 e. The van der Waals surface area contributed by atoms with Crippen molar-refractivity contribution in [2.24, 2.45) is 0 Å². The van der Waals surface area contributed by atoms with Crippen LogP contribution in [0.3, 0.4) is 0 Å². The summed E-state index contributed by atoms with van der Waals surface area (Å²) >= 11 is 0. The highest BCUT2D eigenvalue weighted by Gasteiger charge is 2.24. The van der Waals surface area contributed by atoms with E-state index in [4.69, 9.17) is 0 Å². The van der Waals surface area contributed by atoms with E-state index in [9.17, 15) is 14.4 Å². The Morgan fingerprint density at radius 3 is 2.83 bits per heavy atom. The van der Waals surface area contributed by atoms with Gasteiger partial charge in [0.25, 0.3) is 5.91 Å². The Kier molecular flexibility index (Phi) is 6.80. The molecule has 0 spiro atoms. The van der Waals surface area contributed by atoms with Crippen LogP contribution in [0, 0.1) is 17.1 Å². The van der Waals surface area contributed by atoms with Gasteiger partial charge >= 0.3 is 0 Å². The van der Waals surface area contributed by atoms with Gasteiger partial charge in [0.15, 0.2) is 0 Å². The smallest absolute Gasteiger partial charge is 0.265 e. The molecule has 0 heterocycles. The van der Waals surface area contributed by atoms with Crippen LogP contribution in [-0.4, -0.2) is 30.4 Å². The Morgan fingerprint density at radius 2 is 2.17 bits per heavy atom. The van der Waals surface area contributed by atoms with Gasteiger partial charge in [-0.25, -0.2) is 4.39 Å². The van der Waals surface area contributed by atoms with E-state index in [0.717, 1.165) is 31.2 Å². The van der Waals surface area contributed by atoms with Crippen molar-refractivity contribution in [3.8, 4) is 6.07 Å². The first kappa shape index (κ1) is 18.0. The van der Waals surface area contributed by atoms with Crippen molar-refractivity contribution in [1.29, 1.82) is 5.26 Å². The normalized spacial score (nSPS) is 15.6. The predicted octanol–water partition coefficient (Wildman–Crippen LogP) is 3.16. The zero-order valence-electron chi connectivity index (χ0n) is 14.1. The van der Waals surface area contributed by atoms with Crippen LogP contribution in [-0.2, 0) is 11.2 Å². The largest absolute Gasteiger partial charge is 0.389 e. The van der Waals surface area contributed by atoms with Crippen molar-refractivity contribution in [3.05, 3.63) is 47.4 Å². The number of carbonyl (C=O) groups excluding carboxylic acids is 1. The summed E-state index contributed by atoms with van der Waals surface area (Å²) in [6.45, 7) is 0.537. The Labute approximate surface area is 143 Å². The van der Waals surface area contributed by atoms with E-state index in [1.807, 2.05) is 12.1 Å². The van der Waals surface area contributed by atoms with Crippen LogP contribution in [0.15, 0.2) is 36.0 Å². The van der Waals surface area contributed by atoms with Crippen molar-refractivity contribution in [2.45, 2.75) is 44.6 Å². The van der Waals surface area contributed by atoms with Gasteiger partial charge in [0.2, 0.25) is 0 Å². The van der Waals surface area contributed by atoms with E-state index in [1.54, 1.807) is 18.0 Å². The predicted molar refractivity (Wildman–Crippen MR) is 91.4 cm³/mol. The molecule has 0 bridgehead atoms. The number of likely N-dealkylation sites (N-methyl/N-ethyl adjacent to an activating group) is 1. The second-order valence-corrected chi connectivity index (χ2v) is 6.21. The second-order valence-electron chi connectivity index (χ2n) is 6.21. The molecule has 1 amide bonds. The van der Waals surface area contributed by atoms with Crippen LogP contribution in [0.4, 0.5) is 4.39 Å². The maximum atomic E-state index is 13.1. The number of hydrogen-bond donors (Lipinski definition) is 1. The third-order valence-corrected chi connectivity index (χ3v) is 4.49. The zero-order chi connectivity index (χ0) is 17.4. The highest BCUT2D eigenvalue weighted by Crippen LogP contribution is 2.22. The van der Waals surface area contributed by atoms with Gasteiger partial charge in [0.1, 0.15) is 17.5 Å². The molecule has 0 atom stereocenters. The highest BCUT2D eigenvalue weighted by atomic mass is 19.1. The molecule has 1 aromatic carbocycles. The number of amides is 1. The van der Waals surface area contributed by atoms with Crippen molar-refractivity contribution >= 4 is 5.91 Å². The summed E-state index contributed by atoms with van der Waals surface area (Å²) in [7, 11) is 1.77. The first-order valence-electron chi connectivity index (χ1n) is 8.47. The summed E-state index contributed by atoms with van der Waals surface area (Å²) < 4.78 is 13.1. The molecule has 1 N–H and O–H groups in total. The van der Waals surface area contributed by atoms with Crippen LogP contribution >= 0.6 is 0 Å². The second kappa shape index (κ2) is 9.07. The van der Waals surface area contributed by atoms with E-state index < -0.39 is 0 Å². The fraction of sp³-hybridized carbons (Fsp3) is 0.474. The number of hydrogen-bond acceptors (Lipinski definition) is 3. The van der Waals surface area contributed by atoms with Crippen molar-refractivity contribution in [2.75, 3.05) is 13.6 Å². The molecule has 0 unspecified atom stereocenters. The summed E-state index contributed by atoms with van der Waals surface area (Å²) in [5, 5.41) is 12.2. The molecule has 1 aliphatic carbocycles. The van der Waals surface area contributed by atoms with Gasteiger partial charge < -0.3 is 10.2 Å². The summed E-state index contributed by atoms with van der Waals surface area (Å²) in [5.41, 5.74) is 0.988. The van der Waals surface area contributed by atoms with Gasteiger partial charge in [0, 0.05) is 25.8 Å². The molecule has 1 aromatic rings. The minimum absolute atomic E-state index is 0.113. The van der Waals surface area contributed by atoms with Crippen molar-refractivity contribution < 1.29 is 9.18 Å². The summed E-state index contributed by atoms with van der Waals surface area (Å²) in [6.07, 6.45) is 7.61. The van der Waals surface area contributed by atoms with E-state index in [1.165, 1.54) is 24.8 Å². The summed E-state index contributed by atoms with van der Waals surface area (Å²) in [6, 6.07) is 8.62. The number of nitrogens with zero attached hydrogens (tertiary/aromatic N) is 2. The van der Waals surface area contributed by atoms with Crippen molar-refractivity contribution in [1.82, 2.24) is 10.2 Å². The van der Waals surface area contributed by atoms with E-state index in [2.05, 4.69) is 5.32 Å². The molecule has 1 aliphatic rings. The fourth-order valence-corrected chi connectivity index (χ4v) is 3.05. The molecule has 0 aliphatic heterocycles.